The Kier molecular flexibility index (Phi) is 5.24. The molecular formula is C10H13ClN2O4S. The van der Waals surface area contributed by atoms with Crippen molar-refractivity contribution in [3.05, 3.63) is 29.8 Å². The van der Waals surface area contributed by atoms with E-state index < -0.39 is 16.3 Å². The van der Waals surface area contributed by atoms with Crippen LogP contribution in [0.5, 0.6) is 0 Å². The molecule has 0 aliphatic heterocycles. The minimum Gasteiger partial charge on any atom is -0.449 e. The smallest absolute Gasteiger partial charge is 0.422 e. The molecule has 2 N–H and O–H groups in total. The molecule has 0 aromatic heterocycles. The van der Waals surface area contributed by atoms with Gasteiger partial charge in [0.05, 0.1) is 12.3 Å². The molecule has 0 unspecified atom stereocenters. The summed E-state index contributed by atoms with van der Waals surface area (Å²) in [6.45, 7) is 1.66. The van der Waals surface area contributed by atoms with Crippen LogP contribution in [0.1, 0.15) is 12.5 Å². The predicted molar refractivity (Wildman–Crippen MR) is 68.7 cm³/mol. The lowest BCUT2D eigenvalue weighted by molar-refractivity contribution is 0.159. The van der Waals surface area contributed by atoms with E-state index in [1.165, 1.54) is 0 Å². The van der Waals surface area contributed by atoms with Crippen molar-refractivity contribution < 1.29 is 17.9 Å². The standard InChI is InChI=1S/C10H13ClN2O4S/c1-2-17-10(14)13-18(15,16)12-9-5-3-8(7-11)4-6-9/h3-6,12H,2,7H2,1H3,(H,13,14). The number of hydrogen-bond donors (Lipinski definition) is 2. The van der Waals surface area contributed by atoms with Gasteiger partial charge >= 0.3 is 16.3 Å². The van der Waals surface area contributed by atoms with Gasteiger partial charge in [-0.15, -0.1) is 11.6 Å². The van der Waals surface area contributed by atoms with Crippen LogP contribution in [0.4, 0.5) is 10.5 Å². The predicted octanol–water partition coefficient (Wildman–Crippen LogP) is 1.83. The van der Waals surface area contributed by atoms with Crippen molar-refractivity contribution in [2.45, 2.75) is 12.8 Å². The summed E-state index contributed by atoms with van der Waals surface area (Å²) in [6, 6.07) is 6.44. The minimum atomic E-state index is -3.98. The number of halogens is 1. The van der Waals surface area contributed by atoms with E-state index in [1.807, 2.05) is 0 Å². The van der Waals surface area contributed by atoms with E-state index in [2.05, 4.69) is 9.46 Å². The number of anilines is 1. The van der Waals surface area contributed by atoms with Crippen molar-refractivity contribution in [3.8, 4) is 0 Å². The number of carbonyl (C=O) groups excluding carboxylic acids is 1. The van der Waals surface area contributed by atoms with Gasteiger partial charge < -0.3 is 4.74 Å². The molecule has 1 rings (SSSR count). The van der Waals surface area contributed by atoms with Crippen LogP contribution in [-0.4, -0.2) is 21.1 Å². The van der Waals surface area contributed by atoms with E-state index >= 15 is 0 Å². The molecule has 0 fully saturated rings. The number of rotatable bonds is 5. The fourth-order valence-electron chi connectivity index (χ4n) is 1.11. The van der Waals surface area contributed by atoms with Crippen molar-refractivity contribution in [2.75, 3.05) is 11.3 Å². The number of ether oxygens (including phenoxy) is 1. The van der Waals surface area contributed by atoms with Crippen LogP contribution in [0.15, 0.2) is 24.3 Å². The van der Waals surface area contributed by atoms with Crippen LogP contribution >= 0.6 is 11.6 Å². The van der Waals surface area contributed by atoms with Crippen molar-refractivity contribution in [2.24, 2.45) is 0 Å². The van der Waals surface area contributed by atoms with Crippen LogP contribution in [0, 0.1) is 0 Å². The molecule has 0 atom stereocenters. The average molecular weight is 293 g/mol. The summed E-state index contributed by atoms with van der Waals surface area (Å²) in [6.07, 6.45) is -1.03. The van der Waals surface area contributed by atoms with Crippen LogP contribution in [0.3, 0.4) is 0 Å². The first-order valence-corrected chi connectivity index (χ1v) is 7.11. The van der Waals surface area contributed by atoms with Gasteiger partial charge in [0.1, 0.15) is 0 Å². The fraction of sp³-hybridized carbons (Fsp3) is 0.300. The molecule has 0 saturated carbocycles. The SMILES string of the molecule is CCOC(=O)NS(=O)(=O)Nc1ccc(CCl)cc1. The highest BCUT2D eigenvalue weighted by Crippen LogP contribution is 2.12. The normalized spacial score (nSPS) is 10.8. The molecule has 0 saturated heterocycles. The molecule has 0 radical (unpaired) electrons. The second-order valence-electron chi connectivity index (χ2n) is 3.26. The molecule has 0 spiro atoms. The highest BCUT2D eigenvalue weighted by molar-refractivity contribution is 7.91. The van der Waals surface area contributed by atoms with E-state index in [1.54, 1.807) is 35.9 Å². The number of nitrogens with one attached hydrogen (secondary N) is 2. The molecule has 1 aromatic rings. The monoisotopic (exact) mass is 292 g/mol. The van der Waals surface area contributed by atoms with Crippen LogP contribution < -0.4 is 9.44 Å². The maximum atomic E-state index is 11.5. The van der Waals surface area contributed by atoms with Gasteiger partial charge in [0.25, 0.3) is 0 Å². The molecule has 8 heteroatoms. The zero-order valence-corrected chi connectivity index (χ0v) is 11.2. The van der Waals surface area contributed by atoms with Gasteiger partial charge in [0.2, 0.25) is 0 Å². The third kappa shape index (κ3) is 4.80. The lowest BCUT2D eigenvalue weighted by atomic mass is 10.2. The molecule has 0 aliphatic rings. The van der Waals surface area contributed by atoms with E-state index in [4.69, 9.17) is 11.6 Å². The Morgan fingerprint density at radius 2 is 1.94 bits per heavy atom. The third-order valence-corrected chi connectivity index (χ3v) is 3.10. The molecule has 0 heterocycles. The summed E-state index contributed by atoms with van der Waals surface area (Å²) in [4.78, 5) is 11.0. The lowest BCUT2D eigenvalue weighted by Gasteiger charge is -2.09. The Morgan fingerprint density at radius 3 is 2.44 bits per heavy atom. The molecule has 6 nitrogen and oxygen atoms in total. The Bertz CT molecular complexity index is 501. The lowest BCUT2D eigenvalue weighted by Crippen LogP contribution is -2.35. The van der Waals surface area contributed by atoms with Gasteiger partial charge in [-0.05, 0) is 24.6 Å². The first-order valence-electron chi connectivity index (χ1n) is 5.09. The average Bonchev–Trinajstić information content (AvgIpc) is 2.29. The highest BCUT2D eigenvalue weighted by Gasteiger charge is 2.14. The van der Waals surface area contributed by atoms with E-state index in [0.29, 0.717) is 11.6 Å². The zero-order chi connectivity index (χ0) is 13.6. The molecule has 1 amide bonds. The Hall–Kier alpha value is -1.47. The van der Waals surface area contributed by atoms with Gasteiger partial charge in [0, 0.05) is 5.88 Å². The van der Waals surface area contributed by atoms with Gasteiger partial charge in [-0.25, -0.2) is 9.52 Å². The summed E-state index contributed by atoms with van der Waals surface area (Å²) in [5, 5.41) is 0. The first kappa shape index (κ1) is 14.6. The third-order valence-electron chi connectivity index (χ3n) is 1.85. The summed E-state index contributed by atoms with van der Waals surface area (Å²) < 4.78 is 31.3. The zero-order valence-electron chi connectivity index (χ0n) is 9.64. The Balaban J connectivity index is 2.67. The van der Waals surface area contributed by atoms with Gasteiger partial charge in [-0.1, -0.05) is 12.1 Å². The summed E-state index contributed by atoms with van der Waals surface area (Å²) in [7, 11) is -3.98. The summed E-state index contributed by atoms with van der Waals surface area (Å²) >= 11 is 5.60. The minimum absolute atomic E-state index is 0.0891. The second-order valence-corrected chi connectivity index (χ2v) is 4.94. The largest absolute Gasteiger partial charge is 0.449 e. The maximum absolute atomic E-state index is 11.5. The number of hydrogen-bond acceptors (Lipinski definition) is 4. The Morgan fingerprint density at radius 1 is 1.33 bits per heavy atom. The van der Waals surface area contributed by atoms with Crippen molar-refractivity contribution in [1.29, 1.82) is 0 Å². The van der Waals surface area contributed by atoms with Crippen LogP contribution in [0.2, 0.25) is 0 Å². The molecule has 1 aromatic carbocycles. The topological polar surface area (TPSA) is 84.5 Å². The quantitative estimate of drug-likeness (QED) is 0.811. The fourth-order valence-corrected chi connectivity index (χ4v) is 2.07. The highest BCUT2D eigenvalue weighted by atomic mass is 35.5. The van der Waals surface area contributed by atoms with Crippen LogP contribution in [0.25, 0.3) is 0 Å². The van der Waals surface area contributed by atoms with Crippen molar-refractivity contribution >= 4 is 33.6 Å². The van der Waals surface area contributed by atoms with Gasteiger partial charge in [0.15, 0.2) is 0 Å². The van der Waals surface area contributed by atoms with E-state index in [0.717, 1.165) is 5.56 Å². The number of benzene rings is 1. The summed E-state index contributed by atoms with van der Waals surface area (Å²) in [5.74, 6) is 0.341. The Labute approximate surface area is 110 Å². The maximum Gasteiger partial charge on any atom is 0.422 e. The number of amides is 1. The number of alkyl halides is 1. The molecule has 100 valence electrons. The van der Waals surface area contributed by atoms with Gasteiger partial charge in [-0.3, -0.25) is 4.72 Å². The van der Waals surface area contributed by atoms with Gasteiger partial charge in [-0.2, -0.15) is 8.42 Å². The van der Waals surface area contributed by atoms with Crippen molar-refractivity contribution in [3.63, 3.8) is 0 Å². The summed E-state index contributed by atoms with van der Waals surface area (Å²) in [5.41, 5.74) is 1.18. The van der Waals surface area contributed by atoms with E-state index in [-0.39, 0.29) is 6.61 Å². The molecule has 18 heavy (non-hydrogen) atoms. The van der Waals surface area contributed by atoms with E-state index in [9.17, 15) is 13.2 Å². The van der Waals surface area contributed by atoms with Crippen molar-refractivity contribution in [1.82, 2.24) is 4.72 Å². The second kappa shape index (κ2) is 6.46. The molecular weight excluding hydrogens is 280 g/mol. The first-order chi connectivity index (χ1) is 8.46. The van der Waals surface area contributed by atoms with Crippen LogP contribution in [-0.2, 0) is 20.8 Å². The molecule has 0 bridgehead atoms. The number of carbonyl (C=O) groups is 1. The molecule has 0 aliphatic carbocycles.